The number of rotatable bonds is 4. The number of thioether (sulfide) groups is 1. The van der Waals surface area contributed by atoms with Crippen LogP contribution in [0.25, 0.3) is 22.4 Å². The van der Waals surface area contributed by atoms with Gasteiger partial charge in [-0.05, 0) is 42.7 Å². The van der Waals surface area contributed by atoms with Gasteiger partial charge in [0.15, 0.2) is 0 Å². The lowest BCUT2D eigenvalue weighted by atomic mass is 10.0. The van der Waals surface area contributed by atoms with Gasteiger partial charge in [0, 0.05) is 35.2 Å². The standard InChI is InChI=1S/C19H15N3O3S/c1-11-3-4-15-14(9-16(23)24-17(15)12(11)2)10-26-19-22-21-18(25-19)13-5-7-20-8-6-13/h3-9H,10H2,1-2H3. The molecule has 0 spiro atoms. The molecule has 3 aromatic heterocycles. The molecule has 0 amide bonds. The number of nitrogens with zero attached hydrogens (tertiary/aromatic N) is 3. The molecule has 0 saturated heterocycles. The van der Waals surface area contributed by atoms with E-state index in [-0.39, 0.29) is 5.63 Å². The lowest BCUT2D eigenvalue weighted by molar-refractivity contribution is 0.466. The summed E-state index contributed by atoms with van der Waals surface area (Å²) in [6, 6.07) is 9.14. The van der Waals surface area contributed by atoms with Crippen LogP contribution in [0.15, 0.2) is 61.6 Å². The van der Waals surface area contributed by atoms with Crippen molar-refractivity contribution >= 4 is 22.7 Å². The molecule has 0 saturated carbocycles. The average Bonchev–Trinajstić information content (AvgIpc) is 3.13. The Bertz CT molecular complexity index is 1140. The van der Waals surface area contributed by atoms with E-state index in [1.54, 1.807) is 12.4 Å². The van der Waals surface area contributed by atoms with Crippen LogP contribution in [0.1, 0.15) is 16.7 Å². The molecule has 26 heavy (non-hydrogen) atoms. The summed E-state index contributed by atoms with van der Waals surface area (Å²) in [5.74, 6) is 0.974. The summed E-state index contributed by atoms with van der Waals surface area (Å²) in [6.07, 6.45) is 3.35. The molecule has 7 heteroatoms. The van der Waals surface area contributed by atoms with Crippen molar-refractivity contribution in [2.45, 2.75) is 24.8 Å². The molecule has 0 unspecified atom stereocenters. The Morgan fingerprint density at radius 2 is 1.85 bits per heavy atom. The predicted molar refractivity (Wildman–Crippen MR) is 99.0 cm³/mol. The Morgan fingerprint density at radius 3 is 2.65 bits per heavy atom. The van der Waals surface area contributed by atoms with Crippen molar-refractivity contribution in [3.8, 4) is 11.5 Å². The highest BCUT2D eigenvalue weighted by Gasteiger charge is 2.13. The molecule has 0 aliphatic carbocycles. The summed E-state index contributed by atoms with van der Waals surface area (Å²) in [7, 11) is 0. The second-order valence-electron chi connectivity index (χ2n) is 5.87. The molecule has 3 heterocycles. The fraction of sp³-hybridized carbons (Fsp3) is 0.158. The fourth-order valence-electron chi connectivity index (χ4n) is 2.66. The van der Waals surface area contributed by atoms with Crippen LogP contribution in [0.3, 0.4) is 0 Å². The SMILES string of the molecule is Cc1ccc2c(CSc3nnc(-c4ccncc4)o3)cc(=O)oc2c1C. The summed E-state index contributed by atoms with van der Waals surface area (Å²) in [6.45, 7) is 3.95. The van der Waals surface area contributed by atoms with Crippen molar-refractivity contribution in [2.24, 2.45) is 0 Å². The molecular formula is C19H15N3O3S. The first-order chi connectivity index (χ1) is 12.6. The summed E-state index contributed by atoms with van der Waals surface area (Å²) in [5, 5.41) is 9.50. The van der Waals surface area contributed by atoms with Gasteiger partial charge in [-0.25, -0.2) is 4.79 Å². The number of hydrogen-bond acceptors (Lipinski definition) is 7. The van der Waals surface area contributed by atoms with Crippen LogP contribution in [-0.4, -0.2) is 15.2 Å². The minimum Gasteiger partial charge on any atom is -0.422 e. The van der Waals surface area contributed by atoms with Crippen molar-refractivity contribution < 1.29 is 8.83 Å². The van der Waals surface area contributed by atoms with Gasteiger partial charge < -0.3 is 8.83 Å². The number of hydrogen-bond donors (Lipinski definition) is 0. The van der Waals surface area contributed by atoms with Gasteiger partial charge >= 0.3 is 5.63 Å². The summed E-state index contributed by atoms with van der Waals surface area (Å²) < 4.78 is 11.1. The Morgan fingerprint density at radius 1 is 1.04 bits per heavy atom. The largest absolute Gasteiger partial charge is 0.422 e. The second kappa shape index (κ2) is 6.76. The van der Waals surface area contributed by atoms with Crippen molar-refractivity contribution in [1.29, 1.82) is 0 Å². The lowest BCUT2D eigenvalue weighted by Crippen LogP contribution is -2.01. The molecule has 4 aromatic rings. The van der Waals surface area contributed by atoms with E-state index in [1.165, 1.54) is 17.8 Å². The first-order valence-electron chi connectivity index (χ1n) is 8.01. The third-order valence-electron chi connectivity index (χ3n) is 4.20. The van der Waals surface area contributed by atoms with Crippen LogP contribution >= 0.6 is 11.8 Å². The minimum atomic E-state index is -0.357. The van der Waals surface area contributed by atoms with Crippen molar-refractivity contribution in [3.63, 3.8) is 0 Å². The normalized spacial score (nSPS) is 11.2. The van der Waals surface area contributed by atoms with Crippen LogP contribution in [-0.2, 0) is 5.75 Å². The van der Waals surface area contributed by atoms with Crippen LogP contribution in [0.2, 0.25) is 0 Å². The summed E-state index contributed by atoms with van der Waals surface area (Å²) in [4.78, 5) is 15.9. The maximum absolute atomic E-state index is 11.9. The number of aromatic nitrogens is 3. The maximum atomic E-state index is 11.9. The van der Waals surface area contributed by atoms with E-state index in [9.17, 15) is 4.79 Å². The van der Waals surface area contributed by atoms with Gasteiger partial charge in [0.05, 0.1) is 0 Å². The molecule has 0 N–H and O–H groups in total. The third kappa shape index (κ3) is 3.13. The van der Waals surface area contributed by atoms with Crippen molar-refractivity contribution in [2.75, 3.05) is 0 Å². The first kappa shape index (κ1) is 16.5. The Labute approximate surface area is 153 Å². The highest BCUT2D eigenvalue weighted by Crippen LogP contribution is 2.29. The Balaban J connectivity index is 1.62. The van der Waals surface area contributed by atoms with Crippen molar-refractivity contribution in [1.82, 2.24) is 15.2 Å². The van der Waals surface area contributed by atoms with E-state index >= 15 is 0 Å². The smallest absolute Gasteiger partial charge is 0.336 e. The van der Waals surface area contributed by atoms with Gasteiger partial charge in [-0.2, -0.15) is 0 Å². The van der Waals surface area contributed by atoms with E-state index in [1.807, 2.05) is 38.1 Å². The molecule has 0 aliphatic heterocycles. The van der Waals surface area contributed by atoms with Crippen LogP contribution in [0.5, 0.6) is 0 Å². The van der Waals surface area contributed by atoms with Gasteiger partial charge in [0.25, 0.3) is 5.22 Å². The highest BCUT2D eigenvalue weighted by molar-refractivity contribution is 7.98. The van der Waals surface area contributed by atoms with Crippen LogP contribution in [0.4, 0.5) is 0 Å². The second-order valence-corrected chi connectivity index (χ2v) is 6.80. The van der Waals surface area contributed by atoms with E-state index in [2.05, 4.69) is 15.2 Å². The van der Waals surface area contributed by atoms with Gasteiger partial charge in [-0.1, -0.05) is 23.9 Å². The quantitative estimate of drug-likeness (QED) is 0.397. The zero-order valence-corrected chi connectivity index (χ0v) is 15.0. The number of benzene rings is 1. The van der Waals surface area contributed by atoms with Gasteiger partial charge in [-0.3, -0.25) is 4.98 Å². The summed E-state index contributed by atoms with van der Waals surface area (Å²) in [5.41, 5.74) is 4.04. The van der Waals surface area contributed by atoms with Crippen molar-refractivity contribution in [3.05, 3.63) is 69.8 Å². The maximum Gasteiger partial charge on any atom is 0.336 e. The van der Waals surface area contributed by atoms with E-state index in [4.69, 9.17) is 8.83 Å². The number of aryl methyl sites for hydroxylation is 2. The van der Waals surface area contributed by atoms with E-state index < -0.39 is 0 Å². The molecule has 130 valence electrons. The molecule has 0 radical (unpaired) electrons. The molecule has 4 rings (SSSR count). The molecule has 0 fully saturated rings. The predicted octanol–water partition coefficient (Wildman–Crippen LogP) is 4.15. The molecule has 6 nitrogen and oxygen atoms in total. The van der Waals surface area contributed by atoms with E-state index in [0.29, 0.717) is 22.4 Å². The molecule has 0 atom stereocenters. The van der Waals surface area contributed by atoms with Gasteiger partial charge in [0.1, 0.15) is 5.58 Å². The Hall–Kier alpha value is -2.93. The number of pyridine rings is 1. The van der Waals surface area contributed by atoms with Crippen LogP contribution < -0.4 is 5.63 Å². The fourth-order valence-corrected chi connectivity index (χ4v) is 3.42. The van der Waals surface area contributed by atoms with E-state index in [0.717, 1.165) is 27.6 Å². The molecule has 0 bridgehead atoms. The third-order valence-corrected chi connectivity index (χ3v) is 5.07. The minimum absolute atomic E-state index is 0.357. The average molecular weight is 365 g/mol. The summed E-state index contributed by atoms with van der Waals surface area (Å²) >= 11 is 1.39. The molecule has 1 aromatic carbocycles. The topological polar surface area (TPSA) is 82.0 Å². The lowest BCUT2D eigenvalue weighted by Gasteiger charge is -2.07. The Kier molecular flexibility index (Phi) is 4.30. The molecular weight excluding hydrogens is 350 g/mol. The van der Waals surface area contributed by atoms with Gasteiger partial charge in [0.2, 0.25) is 5.89 Å². The highest BCUT2D eigenvalue weighted by atomic mass is 32.2. The zero-order valence-electron chi connectivity index (χ0n) is 14.2. The zero-order chi connectivity index (χ0) is 18.1. The van der Waals surface area contributed by atoms with Gasteiger partial charge in [-0.15, -0.1) is 10.2 Å². The number of fused-ring (bicyclic) bond motifs is 1. The first-order valence-corrected chi connectivity index (χ1v) is 9.00. The molecule has 0 aliphatic rings. The monoisotopic (exact) mass is 365 g/mol. The van der Waals surface area contributed by atoms with Crippen LogP contribution in [0, 0.1) is 13.8 Å².